The van der Waals surface area contributed by atoms with Crippen LogP contribution in [-0.4, -0.2) is 62.4 Å². The summed E-state index contributed by atoms with van der Waals surface area (Å²) < 4.78 is 39.5. The number of likely N-dealkylation sites (N-methyl/N-ethyl adjacent to an activating group) is 1. The third kappa shape index (κ3) is 3.00. The molecule has 20 heavy (non-hydrogen) atoms. The Morgan fingerprint density at radius 2 is 1.85 bits per heavy atom. The molecule has 0 spiro atoms. The fourth-order valence-electron chi connectivity index (χ4n) is 2.40. The lowest BCUT2D eigenvalue weighted by atomic mass is 10.2. The molecule has 1 fully saturated rings. The molecule has 0 bridgehead atoms. The van der Waals surface area contributed by atoms with Crippen molar-refractivity contribution >= 4 is 21.8 Å². The van der Waals surface area contributed by atoms with Crippen molar-refractivity contribution in [2.24, 2.45) is 0 Å². The Labute approximate surface area is 124 Å². The molecule has 1 aromatic carbocycles. The highest BCUT2D eigenvalue weighted by Gasteiger charge is 2.39. The Hall–Kier alpha value is -0.630. The number of benzene rings is 1. The van der Waals surface area contributed by atoms with Crippen LogP contribution < -0.4 is 0 Å². The number of nitrogens with zero attached hydrogens (tertiary/aromatic N) is 2. The summed E-state index contributed by atoms with van der Waals surface area (Å²) >= 11 is 1.68. The zero-order chi connectivity index (χ0) is 14.9. The zero-order valence-electron chi connectivity index (χ0n) is 11.8. The Kier molecular flexibility index (Phi) is 4.73. The molecular formula is C13H19FN2O2S2. The van der Waals surface area contributed by atoms with Gasteiger partial charge < -0.3 is 4.90 Å². The molecule has 0 amide bonds. The van der Waals surface area contributed by atoms with Crippen LogP contribution in [0, 0.1) is 5.82 Å². The molecule has 0 aliphatic carbocycles. The topological polar surface area (TPSA) is 40.6 Å². The molecule has 1 aliphatic rings. The molecule has 1 saturated heterocycles. The lowest BCUT2D eigenvalue weighted by Gasteiger charge is -2.23. The third-order valence-electron chi connectivity index (χ3n) is 3.62. The maximum absolute atomic E-state index is 12.9. The van der Waals surface area contributed by atoms with E-state index in [1.54, 1.807) is 11.8 Å². The number of hydrogen-bond acceptors (Lipinski definition) is 4. The summed E-state index contributed by atoms with van der Waals surface area (Å²) in [6, 6.07) is 5.20. The van der Waals surface area contributed by atoms with Gasteiger partial charge in [-0.1, -0.05) is 0 Å². The molecular weight excluding hydrogens is 299 g/mol. The van der Waals surface area contributed by atoms with Crippen LogP contribution >= 0.6 is 11.8 Å². The van der Waals surface area contributed by atoms with Gasteiger partial charge in [0.2, 0.25) is 10.0 Å². The van der Waals surface area contributed by atoms with E-state index < -0.39 is 15.8 Å². The second-order valence-corrected chi connectivity index (χ2v) is 8.10. The van der Waals surface area contributed by atoms with Crippen LogP contribution in [0.1, 0.15) is 0 Å². The van der Waals surface area contributed by atoms with Crippen molar-refractivity contribution in [2.45, 2.75) is 16.2 Å². The van der Waals surface area contributed by atoms with Gasteiger partial charge in [-0.3, -0.25) is 0 Å². The minimum Gasteiger partial charge on any atom is -0.304 e. The summed E-state index contributed by atoms with van der Waals surface area (Å²) in [7, 11) is 0.382. The highest BCUT2D eigenvalue weighted by atomic mass is 32.2. The minimum absolute atomic E-state index is 0.151. The standard InChI is InChI=1S/C13H19FN2O2S2/c1-15(2)12-8-16(9-13(12)19-3)20(17,18)11-6-4-10(14)5-7-11/h4-7,12-13H,8-9H2,1-3H3/t12-,13-/m0/s1. The first-order valence-electron chi connectivity index (χ1n) is 6.31. The van der Waals surface area contributed by atoms with Gasteiger partial charge in [0.15, 0.2) is 0 Å². The molecule has 0 unspecified atom stereocenters. The first kappa shape index (κ1) is 15.8. The lowest BCUT2D eigenvalue weighted by molar-refractivity contribution is 0.306. The number of sulfonamides is 1. The van der Waals surface area contributed by atoms with E-state index in [-0.39, 0.29) is 16.2 Å². The number of rotatable bonds is 4. The average molecular weight is 318 g/mol. The quantitative estimate of drug-likeness (QED) is 0.843. The van der Waals surface area contributed by atoms with E-state index in [9.17, 15) is 12.8 Å². The Morgan fingerprint density at radius 1 is 1.25 bits per heavy atom. The van der Waals surface area contributed by atoms with Gasteiger partial charge in [0.25, 0.3) is 0 Å². The van der Waals surface area contributed by atoms with Crippen molar-refractivity contribution in [3.63, 3.8) is 0 Å². The SMILES string of the molecule is CS[C@H]1CN(S(=O)(=O)c2ccc(F)cc2)C[C@@H]1N(C)C. The summed E-state index contributed by atoms with van der Waals surface area (Å²) in [4.78, 5) is 2.21. The fourth-order valence-corrected chi connectivity index (χ4v) is 4.95. The van der Waals surface area contributed by atoms with Crippen LogP contribution in [0.15, 0.2) is 29.2 Å². The second-order valence-electron chi connectivity index (χ2n) is 5.08. The number of hydrogen-bond donors (Lipinski definition) is 0. The maximum atomic E-state index is 12.9. The number of thioether (sulfide) groups is 1. The molecule has 1 aromatic rings. The third-order valence-corrected chi connectivity index (χ3v) is 6.54. The van der Waals surface area contributed by atoms with Crippen molar-refractivity contribution in [1.82, 2.24) is 9.21 Å². The monoisotopic (exact) mass is 318 g/mol. The van der Waals surface area contributed by atoms with Crippen molar-refractivity contribution < 1.29 is 12.8 Å². The van der Waals surface area contributed by atoms with E-state index in [1.165, 1.54) is 28.6 Å². The summed E-state index contributed by atoms with van der Waals surface area (Å²) in [5.74, 6) is -0.432. The smallest absolute Gasteiger partial charge is 0.243 e. The number of halogens is 1. The van der Waals surface area contributed by atoms with E-state index >= 15 is 0 Å². The van der Waals surface area contributed by atoms with Crippen molar-refractivity contribution in [3.8, 4) is 0 Å². The van der Waals surface area contributed by atoms with E-state index in [0.29, 0.717) is 13.1 Å². The van der Waals surface area contributed by atoms with Gasteiger partial charge in [0.05, 0.1) is 4.90 Å². The van der Waals surface area contributed by atoms with Crippen LogP contribution in [0.25, 0.3) is 0 Å². The van der Waals surface area contributed by atoms with E-state index in [4.69, 9.17) is 0 Å². The van der Waals surface area contributed by atoms with Crippen LogP contribution in [0.2, 0.25) is 0 Å². The highest BCUT2D eigenvalue weighted by molar-refractivity contribution is 7.99. The second kappa shape index (κ2) is 6.01. The Bertz CT molecular complexity index is 560. The van der Waals surface area contributed by atoms with Gasteiger partial charge in [-0.05, 0) is 44.6 Å². The van der Waals surface area contributed by atoms with Crippen LogP contribution in [0.4, 0.5) is 4.39 Å². The average Bonchev–Trinajstić information content (AvgIpc) is 2.84. The van der Waals surface area contributed by atoms with Gasteiger partial charge in [-0.2, -0.15) is 16.1 Å². The van der Waals surface area contributed by atoms with Crippen molar-refractivity contribution in [1.29, 1.82) is 0 Å². The van der Waals surface area contributed by atoms with Gasteiger partial charge in [-0.15, -0.1) is 0 Å². The van der Waals surface area contributed by atoms with Crippen LogP contribution in [-0.2, 0) is 10.0 Å². The van der Waals surface area contributed by atoms with E-state index in [1.807, 2.05) is 20.4 Å². The molecule has 0 saturated carbocycles. The van der Waals surface area contributed by atoms with E-state index in [0.717, 1.165) is 0 Å². The van der Waals surface area contributed by atoms with Gasteiger partial charge in [0.1, 0.15) is 5.82 Å². The molecule has 0 N–H and O–H groups in total. The highest BCUT2D eigenvalue weighted by Crippen LogP contribution is 2.28. The maximum Gasteiger partial charge on any atom is 0.243 e. The fraction of sp³-hybridized carbons (Fsp3) is 0.538. The van der Waals surface area contributed by atoms with Gasteiger partial charge in [0, 0.05) is 24.4 Å². The molecule has 4 nitrogen and oxygen atoms in total. The lowest BCUT2D eigenvalue weighted by Crippen LogP contribution is -2.37. The first-order chi connectivity index (χ1) is 9.36. The largest absolute Gasteiger partial charge is 0.304 e. The zero-order valence-corrected chi connectivity index (χ0v) is 13.4. The van der Waals surface area contributed by atoms with Gasteiger partial charge >= 0.3 is 0 Å². The molecule has 1 aliphatic heterocycles. The first-order valence-corrected chi connectivity index (χ1v) is 9.04. The predicted molar refractivity (Wildman–Crippen MR) is 79.9 cm³/mol. The van der Waals surface area contributed by atoms with Crippen LogP contribution in [0.5, 0.6) is 0 Å². The molecule has 0 radical (unpaired) electrons. The Balaban J connectivity index is 2.25. The van der Waals surface area contributed by atoms with Gasteiger partial charge in [-0.25, -0.2) is 12.8 Å². The summed E-state index contributed by atoms with van der Waals surface area (Å²) in [6.07, 6.45) is 2.00. The van der Waals surface area contributed by atoms with Crippen molar-refractivity contribution in [2.75, 3.05) is 33.4 Å². The molecule has 1 heterocycles. The van der Waals surface area contributed by atoms with Crippen LogP contribution in [0.3, 0.4) is 0 Å². The molecule has 7 heteroatoms. The summed E-state index contributed by atoms with van der Waals surface area (Å²) in [5.41, 5.74) is 0. The molecule has 2 atom stereocenters. The van der Waals surface area contributed by atoms with Crippen molar-refractivity contribution in [3.05, 3.63) is 30.1 Å². The van der Waals surface area contributed by atoms with E-state index in [2.05, 4.69) is 4.90 Å². The molecule has 0 aromatic heterocycles. The Morgan fingerprint density at radius 3 is 2.30 bits per heavy atom. The molecule has 112 valence electrons. The predicted octanol–water partition coefficient (Wildman–Crippen LogP) is 1.49. The minimum atomic E-state index is -3.54. The molecule has 2 rings (SSSR count). The normalized spacial score (nSPS) is 24.4. The summed E-state index contributed by atoms with van der Waals surface area (Å²) in [5, 5.41) is 0.250. The summed E-state index contributed by atoms with van der Waals surface area (Å²) in [6.45, 7) is 0.960.